The highest BCUT2D eigenvalue weighted by molar-refractivity contribution is 5.94. The number of furan rings is 1. The lowest BCUT2D eigenvalue weighted by Gasteiger charge is -2.20. The smallest absolute Gasteiger partial charge is 0.254 e. The number of nitrogens with one attached hydrogen (secondary N) is 1. The van der Waals surface area contributed by atoms with E-state index in [1.807, 2.05) is 30.3 Å². The molecule has 1 aliphatic rings. The first-order valence-corrected chi connectivity index (χ1v) is 6.89. The summed E-state index contributed by atoms with van der Waals surface area (Å²) < 4.78 is 5.28. The SMILES string of the molecule is CN(Cc1ccco1)C(=O)c1ccc2c(c1)CCCN2. The van der Waals surface area contributed by atoms with Crippen LogP contribution in [0.4, 0.5) is 5.69 Å². The molecule has 1 aliphatic heterocycles. The van der Waals surface area contributed by atoms with Gasteiger partial charge >= 0.3 is 0 Å². The number of rotatable bonds is 3. The highest BCUT2D eigenvalue weighted by atomic mass is 16.3. The van der Waals surface area contributed by atoms with E-state index in [1.54, 1.807) is 18.2 Å². The molecule has 0 fully saturated rings. The molecule has 0 spiro atoms. The lowest BCUT2D eigenvalue weighted by Crippen LogP contribution is -2.26. The van der Waals surface area contributed by atoms with Gasteiger partial charge in [0.05, 0.1) is 12.8 Å². The Morgan fingerprint density at radius 1 is 1.40 bits per heavy atom. The molecule has 2 heterocycles. The molecule has 1 amide bonds. The molecule has 0 aliphatic carbocycles. The van der Waals surface area contributed by atoms with Gasteiger partial charge in [-0.15, -0.1) is 0 Å². The second kappa shape index (κ2) is 5.41. The van der Waals surface area contributed by atoms with Crippen molar-refractivity contribution in [2.45, 2.75) is 19.4 Å². The van der Waals surface area contributed by atoms with Crippen molar-refractivity contribution in [1.82, 2.24) is 4.90 Å². The molecular weight excluding hydrogens is 252 g/mol. The van der Waals surface area contributed by atoms with Crippen molar-refractivity contribution < 1.29 is 9.21 Å². The lowest BCUT2D eigenvalue weighted by molar-refractivity contribution is 0.0775. The summed E-state index contributed by atoms with van der Waals surface area (Å²) in [6.07, 6.45) is 3.77. The summed E-state index contributed by atoms with van der Waals surface area (Å²) in [4.78, 5) is 14.1. The highest BCUT2D eigenvalue weighted by Gasteiger charge is 2.16. The number of hydrogen-bond donors (Lipinski definition) is 1. The quantitative estimate of drug-likeness (QED) is 0.932. The molecule has 1 aromatic carbocycles. The molecule has 0 bridgehead atoms. The topological polar surface area (TPSA) is 45.5 Å². The summed E-state index contributed by atoms with van der Waals surface area (Å²) in [6.45, 7) is 1.50. The van der Waals surface area contributed by atoms with E-state index in [9.17, 15) is 4.79 Å². The van der Waals surface area contributed by atoms with Gasteiger partial charge in [-0.25, -0.2) is 0 Å². The summed E-state index contributed by atoms with van der Waals surface area (Å²) in [5.74, 6) is 0.815. The van der Waals surface area contributed by atoms with Crippen molar-refractivity contribution in [2.24, 2.45) is 0 Å². The van der Waals surface area contributed by atoms with Gasteiger partial charge in [-0.3, -0.25) is 4.79 Å². The molecule has 1 N–H and O–H groups in total. The zero-order chi connectivity index (χ0) is 13.9. The maximum absolute atomic E-state index is 12.4. The Hall–Kier alpha value is -2.23. The van der Waals surface area contributed by atoms with E-state index in [1.165, 1.54) is 5.56 Å². The first-order chi connectivity index (χ1) is 9.74. The summed E-state index contributed by atoms with van der Waals surface area (Å²) in [5, 5.41) is 3.35. The molecule has 104 valence electrons. The Kier molecular flexibility index (Phi) is 3.46. The van der Waals surface area contributed by atoms with E-state index in [-0.39, 0.29) is 5.91 Å². The normalized spacial score (nSPS) is 13.4. The number of nitrogens with zero attached hydrogens (tertiary/aromatic N) is 1. The average molecular weight is 270 g/mol. The Balaban J connectivity index is 1.76. The van der Waals surface area contributed by atoms with Crippen LogP contribution in [0.1, 0.15) is 28.1 Å². The molecule has 0 unspecified atom stereocenters. The molecule has 0 saturated carbocycles. The standard InChI is InChI=1S/C16H18N2O2/c1-18(11-14-5-3-9-20-14)16(19)13-6-7-15-12(10-13)4-2-8-17-15/h3,5-7,9-10,17H,2,4,8,11H2,1H3. The van der Waals surface area contributed by atoms with Gasteiger partial charge in [0.25, 0.3) is 5.91 Å². The molecule has 3 rings (SSSR count). The molecule has 2 aromatic rings. The zero-order valence-electron chi connectivity index (χ0n) is 11.6. The Morgan fingerprint density at radius 2 is 2.30 bits per heavy atom. The fraction of sp³-hybridized carbons (Fsp3) is 0.312. The van der Waals surface area contributed by atoms with Gasteiger partial charge in [-0.05, 0) is 48.7 Å². The van der Waals surface area contributed by atoms with Crippen LogP contribution in [0.3, 0.4) is 0 Å². The number of anilines is 1. The Bertz CT molecular complexity index is 605. The molecule has 0 atom stereocenters. The fourth-order valence-electron chi connectivity index (χ4n) is 2.54. The first kappa shape index (κ1) is 12.8. The van der Waals surface area contributed by atoms with Crippen molar-refractivity contribution in [3.8, 4) is 0 Å². The minimum atomic E-state index is 0.0229. The predicted molar refractivity (Wildman–Crippen MR) is 77.8 cm³/mol. The van der Waals surface area contributed by atoms with E-state index in [0.29, 0.717) is 6.54 Å². The summed E-state index contributed by atoms with van der Waals surface area (Å²) in [7, 11) is 1.79. The van der Waals surface area contributed by atoms with Crippen LogP contribution < -0.4 is 5.32 Å². The first-order valence-electron chi connectivity index (χ1n) is 6.89. The van der Waals surface area contributed by atoms with Gasteiger partial charge in [0.1, 0.15) is 5.76 Å². The van der Waals surface area contributed by atoms with Gasteiger partial charge < -0.3 is 14.6 Å². The van der Waals surface area contributed by atoms with Crippen LogP contribution in [-0.4, -0.2) is 24.4 Å². The second-order valence-corrected chi connectivity index (χ2v) is 5.14. The third kappa shape index (κ3) is 2.54. The number of amides is 1. The minimum Gasteiger partial charge on any atom is -0.467 e. The number of fused-ring (bicyclic) bond motifs is 1. The monoisotopic (exact) mass is 270 g/mol. The van der Waals surface area contributed by atoms with E-state index < -0.39 is 0 Å². The predicted octanol–water partition coefficient (Wildman–Crippen LogP) is 2.91. The van der Waals surface area contributed by atoms with E-state index in [2.05, 4.69) is 5.32 Å². The lowest BCUT2D eigenvalue weighted by atomic mass is 10.0. The molecule has 0 radical (unpaired) electrons. The number of benzene rings is 1. The molecule has 0 saturated heterocycles. The van der Waals surface area contributed by atoms with Crippen LogP contribution in [-0.2, 0) is 13.0 Å². The minimum absolute atomic E-state index is 0.0229. The van der Waals surface area contributed by atoms with Gasteiger partial charge in [-0.2, -0.15) is 0 Å². The van der Waals surface area contributed by atoms with E-state index >= 15 is 0 Å². The summed E-state index contributed by atoms with van der Waals surface area (Å²) >= 11 is 0. The van der Waals surface area contributed by atoms with E-state index in [4.69, 9.17) is 4.42 Å². The largest absolute Gasteiger partial charge is 0.467 e. The van der Waals surface area contributed by atoms with Gasteiger partial charge in [-0.1, -0.05) is 0 Å². The molecule has 4 heteroatoms. The van der Waals surface area contributed by atoms with Crippen molar-refractivity contribution >= 4 is 11.6 Å². The van der Waals surface area contributed by atoms with Crippen molar-refractivity contribution in [2.75, 3.05) is 18.9 Å². The summed E-state index contributed by atoms with van der Waals surface area (Å²) in [6, 6.07) is 9.60. The van der Waals surface area contributed by atoms with Crippen molar-refractivity contribution in [3.05, 3.63) is 53.5 Å². The third-order valence-electron chi connectivity index (χ3n) is 3.61. The van der Waals surface area contributed by atoms with Crippen molar-refractivity contribution in [1.29, 1.82) is 0 Å². The maximum Gasteiger partial charge on any atom is 0.254 e. The number of hydrogen-bond acceptors (Lipinski definition) is 3. The third-order valence-corrected chi connectivity index (χ3v) is 3.61. The fourth-order valence-corrected chi connectivity index (χ4v) is 2.54. The Morgan fingerprint density at radius 3 is 3.10 bits per heavy atom. The molecule has 20 heavy (non-hydrogen) atoms. The van der Waals surface area contributed by atoms with Crippen LogP contribution in [0.2, 0.25) is 0 Å². The maximum atomic E-state index is 12.4. The van der Waals surface area contributed by atoms with Crippen LogP contribution in [0.5, 0.6) is 0 Å². The van der Waals surface area contributed by atoms with Gasteiger partial charge in [0.2, 0.25) is 0 Å². The van der Waals surface area contributed by atoms with E-state index in [0.717, 1.165) is 36.4 Å². The number of carbonyl (C=O) groups excluding carboxylic acids is 1. The molecular formula is C16H18N2O2. The van der Waals surface area contributed by atoms with Crippen LogP contribution in [0, 0.1) is 0 Å². The number of carbonyl (C=O) groups is 1. The van der Waals surface area contributed by atoms with Crippen LogP contribution >= 0.6 is 0 Å². The highest BCUT2D eigenvalue weighted by Crippen LogP contribution is 2.23. The average Bonchev–Trinajstić information content (AvgIpc) is 2.99. The summed E-state index contributed by atoms with van der Waals surface area (Å²) in [5.41, 5.74) is 3.12. The van der Waals surface area contributed by atoms with Gasteiger partial charge in [0, 0.05) is 24.8 Å². The van der Waals surface area contributed by atoms with Crippen molar-refractivity contribution in [3.63, 3.8) is 0 Å². The van der Waals surface area contributed by atoms with Gasteiger partial charge in [0.15, 0.2) is 0 Å². The number of aryl methyl sites for hydroxylation is 1. The van der Waals surface area contributed by atoms with Crippen LogP contribution in [0.15, 0.2) is 41.0 Å². The zero-order valence-corrected chi connectivity index (χ0v) is 11.6. The Labute approximate surface area is 118 Å². The molecule has 4 nitrogen and oxygen atoms in total. The molecule has 1 aromatic heterocycles. The second-order valence-electron chi connectivity index (χ2n) is 5.14. The van der Waals surface area contributed by atoms with Crippen LogP contribution in [0.25, 0.3) is 0 Å².